The van der Waals surface area contributed by atoms with Crippen LogP contribution in [0.5, 0.6) is 0 Å². The Balaban J connectivity index is 1.78. The first-order valence-corrected chi connectivity index (χ1v) is 8.99. The molecule has 0 bridgehead atoms. The number of benzene rings is 3. The fourth-order valence-corrected chi connectivity index (χ4v) is 3.85. The molecule has 0 aromatic heterocycles. The van der Waals surface area contributed by atoms with Crippen molar-refractivity contribution in [2.45, 2.75) is 25.4 Å². The average molecular weight is 342 g/mol. The SMILES string of the molecule is CC(=O)N1c2ccccc2C(Nc2ccccc2)CC1c1ccccc1. The van der Waals surface area contributed by atoms with Gasteiger partial charge in [0.15, 0.2) is 0 Å². The second kappa shape index (κ2) is 7.04. The normalized spacial score (nSPS) is 18.9. The zero-order valence-electron chi connectivity index (χ0n) is 14.8. The van der Waals surface area contributed by atoms with E-state index in [9.17, 15) is 4.79 Å². The van der Waals surface area contributed by atoms with E-state index >= 15 is 0 Å². The van der Waals surface area contributed by atoms with Gasteiger partial charge in [0, 0.05) is 18.3 Å². The van der Waals surface area contributed by atoms with E-state index in [4.69, 9.17) is 0 Å². The van der Waals surface area contributed by atoms with Gasteiger partial charge in [-0.2, -0.15) is 0 Å². The quantitative estimate of drug-likeness (QED) is 0.697. The van der Waals surface area contributed by atoms with Gasteiger partial charge in [-0.05, 0) is 35.7 Å². The van der Waals surface area contributed by atoms with Crippen molar-refractivity contribution in [3.05, 3.63) is 96.1 Å². The Bertz CT molecular complexity index is 892. The molecule has 26 heavy (non-hydrogen) atoms. The number of hydrogen-bond acceptors (Lipinski definition) is 2. The minimum atomic E-state index is 0.0183. The molecule has 4 rings (SSSR count). The molecule has 0 radical (unpaired) electrons. The van der Waals surface area contributed by atoms with Crippen molar-refractivity contribution in [2.24, 2.45) is 0 Å². The molecular weight excluding hydrogens is 320 g/mol. The van der Waals surface area contributed by atoms with Gasteiger partial charge in [-0.3, -0.25) is 4.79 Å². The van der Waals surface area contributed by atoms with Crippen molar-refractivity contribution in [2.75, 3.05) is 10.2 Å². The summed E-state index contributed by atoms with van der Waals surface area (Å²) in [7, 11) is 0. The van der Waals surface area contributed by atoms with Crippen molar-refractivity contribution in [3.8, 4) is 0 Å². The van der Waals surface area contributed by atoms with Gasteiger partial charge in [-0.1, -0.05) is 66.7 Å². The van der Waals surface area contributed by atoms with Gasteiger partial charge < -0.3 is 10.2 Å². The molecule has 1 N–H and O–H groups in total. The maximum atomic E-state index is 12.5. The number of nitrogens with zero attached hydrogens (tertiary/aromatic N) is 1. The van der Waals surface area contributed by atoms with Crippen LogP contribution in [-0.2, 0) is 4.79 Å². The molecule has 3 aromatic carbocycles. The number of carbonyl (C=O) groups is 1. The number of nitrogens with one attached hydrogen (secondary N) is 1. The fraction of sp³-hybridized carbons (Fsp3) is 0.174. The molecule has 1 amide bonds. The summed E-state index contributed by atoms with van der Waals surface area (Å²) in [5.74, 6) is 0.0736. The standard InChI is InChI=1S/C23H22N2O/c1-17(26)25-22-15-9-8-14-20(22)21(24-19-12-6-3-7-13-19)16-23(25)18-10-4-2-5-11-18/h2-15,21,23-24H,16H2,1H3. The number of hydrogen-bond donors (Lipinski definition) is 1. The molecule has 0 aliphatic carbocycles. The Morgan fingerprint density at radius 1 is 0.885 bits per heavy atom. The molecule has 0 saturated carbocycles. The van der Waals surface area contributed by atoms with Gasteiger partial charge in [-0.15, -0.1) is 0 Å². The van der Waals surface area contributed by atoms with Crippen LogP contribution in [0.1, 0.15) is 36.6 Å². The van der Waals surface area contributed by atoms with Crippen molar-refractivity contribution >= 4 is 17.3 Å². The highest BCUT2D eigenvalue weighted by molar-refractivity contribution is 5.94. The van der Waals surface area contributed by atoms with E-state index in [1.165, 1.54) is 5.56 Å². The predicted molar refractivity (Wildman–Crippen MR) is 106 cm³/mol. The van der Waals surface area contributed by atoms with E-state index in [1.54, 1.807) is 6.92 Å². The molecule has 0 fully saturated rings. The number of carbonyl (C=O) groups excluding carboxylic acids is 1. The first-order chi connectivity index (χ1) is 12.7. The van der Waals surface area contributed by atoms with E-state index in [1.807, 2.05) is 59.5 Å². The minimum Gasteiger partial charge on any atom is -0.378 e. The summed E-state index contributed by atoms with van der Waals surface area (Å²) in [5, 5.41) is 3.66. The molecule has 0 saturated heterocycles. The highest BCUT2D eigenvalue weighted by Gasteiger charge is 2.35. The third-order valence-corrected chi connectivity index (χ3v) is 4.98. The molecule has 3 nitrogen and oxygen atoms in total. The van der Waals surface area contributed by atoms with Crippen LogP contribution < -0.4 is 10.2 Å². The van der Waals surface area contributed by atoms with E-state index in [-0.39, 0.29) is 18.0 Å². The Labute approximate surface area is 154 Å². The Hall–Kier alpha value is -3.07. The van der Waals surface area contributed by atoms with Gasteiger partial charge in [0.25, 0.3) is 0 Å². The van der Waals surface area contributed by atoms with E-state index in [0.29, 0.717) is 0 Å². The summed E-state index contributed by atoms with van der Waals surface area (Å²) in [5.41, 5.74) is 4.42. The first-order valence-electron chi connectivity index (χ1n) is 8.99. The fourth-order valence-electron chi connectivity index (χ4n) is 3.85. The highest BCUT2D eigenvalue weighted by atomic mass is 16.2. The van der Waals surface area contributed by atoms with Crippen LogP contribution in [0.25, 0.3) is 0 Å². The molecule has 1 heterocycles. The van der Waals surface area contributed by atoms with Crippen molar-refractivity contribution in [1.82, 2.24) is 0 Å². The largest absolute Gasteiger partial charge is 0.378 e. The van der Waals surface area contributed by atoms with Crippen LogP contribution >= 0.6 is 0 Å². The van der Waals surface area contributed by atoms with Crippen LogP contribution in [0.4, 0.5) is 11.4 Å². The van der Waals surface area contributed by atoms with Crippen LogP contribution in [0, 0.1) is 0 Å². The van der Waals surface area contributed by atoms with Crippen LogP contribution in [0.15, 0.2) is 84.9 Å². The number of rotatable bonds is 3. The van der Waals surface area contributed by atoms with Crippen molar-refractivity contribution in [3.63, 3.8) is 0 Å². The summed E-state index contributed by atoms with van der Waals surface area (Å²) < 4.78 is 0. The molecule has 2 unspecified atom stereocenters. The van der Waals surface area contributed by atoms with Gasteiger partial charge in [-0.25, -0.2) is 0 Å². The molecule has 3 heteroatoms. The van der Waals surface area contributed by atoms with Gasteiger partial charge in [0.2, 0.25) is 5.91 Å². The molecule has 1 aliphatic rings. The van der Waals surface area contributed by atoms with Gasteiger partial charge >= 0.3 is 0 Å². The topological polar surface area (TPSA) is 32.3 Å². The average Bonchev–Trinajstić information content (AvgIpc) is 2.69. The maximum Gasteiger partial charge on any atom is 0.224 e. The highest BCUT2D eigenvalue weighted by Crippen LogP contribution is 2.44. The molecule has 130 valence electrons. The lowest BCUT2D eigenvalue weighted by molar-refractivity contribution is -0.117. The van der Waals surface area contributed by atoms with E-state index in [0.717, 1.165) is 23.4 Å². The Kier molecular flexibility index (Phi) is 4.44. The zero-order chi connectivity index (χ0) is 17.9. The summed E-state index contributed by atoms with van der Waals surface area (Å²) >= 11 is 0. The molecular formula is C23H22N2O. The Morgan fingerprint density at radius 3 is 2.19 bits per heavy atom. The maximum absolute atomic E-state index is 12.5. The summed E-state index contributed by atoms with van der Waals surface area (Å²) in [6, 6.07) is 28.9. The second-order valence-corrected chi connectivity index (χ2v) is 6.67. The molecule has 0 spiro atoms. The number of para-hydroxylation sites is 2. The number of anilines is 2. The minimum absolute atomic E-state index is 0.0183. The predicted octanol–water partition coefficient (Wildman–Crippen LogP) is 5.34. The first kappa shape index (κ1) is 16.4. The van der Waals surface area contributed by atoms with Gasteiger partial charge in [0.1, 0.15) is 0 Å². The van der Waals surface area contributed by atoms with E-state index in [2.05, 4.69) is 35.6 Å². The summed E-state index contributed by atoms with van der Waals surface area (Å²) in [6.07, 6.45) is 0.829. The van der Waals surface area contributed by atoms with Crippen molar-refractivity contribution < 1.29 is 4.79 Å². The number of amides is 1. The summed E-state index contributed by atoms with van der Waals surface area (Å²) in [6.45, 7) is 1.65. The zero-order valence-corrected chi connectivity index (χ0v) is 14.8. The third-order valence-electron chi connectivity index (χ3n) is 4.98. The second-order valence-electron chi connectivity index (χ2n) is 6.67. The molecule has 1 aliphatic heterocycles. The monoisotopic (exact) mass is 342 g/mol. The van der Waals surface area contributed by atoms with Crippen molar-refractivity contribution in [1.29, 1.82) is 0 Å². The lowest BCUT2D eigenvalue weighted by atomic mass is 9.87. The molecule has 2 atom stereocenters. The lowest BCUT2D eigenvalue weighted by Crippen LogP contribution is -2.39. The van der Waals surface area contributed by atoms with E-state index < -0.39 is 0 Å². The lowest BCUT2D eigenvalue weighted by Gasteiger charge is -2.41. The van der Waals surface area contributed by atoms with Gasteiger partial charge in [0.05, 0.1) is 12.1 Å². The van der Waals surface area contributed by atoms with Crippen LogP contribution in [0.3, 0.4) is 0 Å². The van der Waals surface area contributed by atoms with Crippen LogP contribution in [0.2, 0.25) is 0 Å². The smallest absolute Gasteiger partial charge is 0.224 e. The Morgan fingerprint density at radius 2 is 1.50 bits per heavy atom. The third kappa shape index (κ3) is 3.08. The number of fused-ring (bicyclic) bond motifs is 1. The molecule has 3 aromatic rings. The van der Waals surface area contributed by atoms with Crippen LogP contribution in [-0.4, -0.2) is 5.91 Å². The summed E-state index contributed by atoms with van der Waals surface area (Å²) in [4.78, 5) is 14.5.